The van der Waals surface area contributed by atoms with E-state index in [9.17, 15) is 0 Å². The number of hydrogen-bond acceptors (Lipinski definition) is 0. The summed E-state index contributed by atoms with van der Waals surface area (Å²) in [6, 6.07) is 0. The Morgan fingerprint density at radius 3 is 0.800 bits per heavy atom. The van der Waals surface area contributed by atoms with Gasteiger partial charge in [0.2, 0.25) is 0 Å². The zero-order valence-corrected chi connectivity index (χ0v) is 4.13. The van der Waals surface area contributed by atoms with Crippen LogP contribution in [0.25, 0.3) is 0 Å². The van der Waals surface area contributed by atoms with Crippen LogP contribution in [0.2, 0.25) is 0 Å². The first kappa shape index (κ1) is 130. The van der Waals surface area contributed by atoms with Crippen LogP contribution in [0.1, 0.15) is 23.7 Å². The monoisotopic (exact) mass is 206 g/mol. The van der Waals surface area contributed by atoms with Gasteiger partial charge >= 0.3 is 0 Å². The molecule has 0 saturated heterocycles. The van der Waals surface area contributed by atoms with Crippen molar-refractivity contribution in [3.63, 3.8) is 0 Å². The third-order valence-electron chi connectivity index (χ3n) is 0. The quantitative estimate of drug-likeness (QED) is 0.437. The van der Waals surface area contributed by atoms with E-state index in [0.717, 1.165) is 0 Å². The third-order valence-corrected chi connectivity index (χ3v) is 0. The van der Waals surface area contributed by atoms with Gasteiger partial charge in [-0.2, -0.15) is 0 Å². The molecular formula is C3H14ClSb-. The summed E-state index contributed by atoms with van der Waals surface area (Å²) in [5.41, 5.74) is 0. The summed E-state index contributed by atoms with van der Waals surface area (Å²) in [5.74, 6) is 0. The molecule has 0 amide bonds. The summed E-state index contributed by atoms with van der Waals surface area (Å²) in [6.45, 7) is 0. The standard InChI is InChI=1S/3CH4.ClH.Sb.H2/h3*1H4;1H;;1H/p-1. The van der Waals surface area contributed by atoms with Gasteiger partial charge in [-0.05, 0) is 0 Å². The van der Waals surface area contributed by atoms with Crippen molar-refractivity contribution in [3.8, 4) is 0 Å². The first-order valence-corrected chi connectivity index (χ1v) is 0. The minimum atomic E-state index is 0. The summed E-state index contributed by atoms with van der Waals surface area (Å²) < 4.78 is 0. The van der Waals surface area contributed by atoms with Crippen molar-refractivity contribution in [3.05, 3.63) is 0 Å². The van der Waals surface area contributed by atoms with Crippen LogP contribution in [0, 0.1) is 0 Å². The van der Waals surface area contributed by atoms with Crippen LogP contribution in [0.4, 0.5) is 0 Å². The molecule has 0 bridgehead atoms. The van der Waals surface area contributed by atoms with Gasteiger partial charge < -0.3 is 12.4 Å². The van der Waals surface area contributed by atoms with E-state index in [1.54, 1.807) is 0 Å². The molecule has 0 N–H and O–H groups in total. The van der Waals surface area contributed by atoms with E-state index in [-0.39, 0.29) is 60.5 Å². The Balaban J connectivity index is 0. The van der Waals surface area contributed by atoms with Crippen LogP contribution in [-0.2, 0) is 0 Å². The maximum absolute atomic E-state index is 0. The molecule has 5 heavy (non-hydrogen) atoms. The molecule has 3 radical (unpaired) electrons. The van der Waals surface area contributed by atoms with Crippen LogP contribution < -0.4 is 12.4 Å². The Morgan fingerprint density at radius 1 is 0.800 bits per heavy atom. The summed E-state index contributed by atoms with van der Waals surface area (Å²) in [5, 5.41) is 0. The van der Waals surface area contributed by atoms with Gasteiger partial charge in [-0.15, -0.1) is 0 Å². The minimum Gasteiger partial charge on any atom is -1.00 e. The number of halogens is 1. The largest absolute Gasteiger partial charge is 1.00 e. The maximum atomic E-state index is 0. The van der Waals surface area contributed by atoms with Crippen LogP contribution in [0.5, 0.6) is 0 Å². The first-order valence-electron chi connectivity index (χ1n) is 0. The molecule has 0 aromatic heterocycles. The average Bonchev–Trinajstić information content (AvgIpc) is 0. The first-order chi connectivity index (χ1) is 0. The molecule has 0 nitrogen and oxygen atoms in total. The topological polar surface area (TPSA) is 0 Å². The summed E-state index contributed by atoms with van der Waals surface area (Å²) in [6.07, 6.45) is 0. The molecule has 0 atom stereocenters. The summed E-state index contributed by atoms with van der Waals surface area (Å²) >= 11 is 0. The van der Waals surface area contributed by atoms with Gasteiger partial charge in [-0.3, -0.25) is 0 Å². The molecule has 0 unspecified atom stereocenters. The molecule has 2 heteroatoms. The Bertz CT molecular complexity index is 10.8. The van der Waals surface area contributed by atoms with E-state index in [4.69, 9.17) is 0 Å². The molecule has 0 fully saturated rings. The zero-order chi connectivity index (χ0) is 0. The molecule has 0 aliphatic carbocycles. The van der Waals surface area contributed by atoms with Gasteiger partial charge in [0.05, 0.1) is 0 Å². The molecule has 0 rings (SSSR count). The Hall–Kier alpha value is 1.11. The summed E-state index contributed by atoms with van der Waals surface area (Å²) in [7, 11) is 0. The fourth-order valence-electron chi connectivity index (χ4n) is 0. The van der Waals surface area contributed by atoms with Crippen LogP contribution in [0.3, 0.4) is 0 Å². The molecular weight excluding hydrogens is 193 g/mol. The van der Waals surface area contributed by atoms with E-state index in [1.807, 2.05) is 0 Å². The molecule has 0 aliphatic rings. The van der Waals surface area contributed by atoms with E-state index in [0.29, 0.717) is 0 Å². The molecule has 0 aromatic carbocycles. The van der Waals surface area contributed by atoms with Crippen LogP contribution in [-0.4, -0.2) is 24.4 Å². The van der Waals surface area contributed by atoms with Crippen LogP contribution >= 0.6 is 0 Å². The minimum absolute atomic E-state index is 0. The smallest absolute Gasteiger partial charge is 0 e. The third kappa shape index (κ3) is 40.2. The van der Waals surface area contributed by atoms with Gasteiger partial charge in [0.25, 0.3) is 0 Å². The second kappa shape index (κ2) is 70.2. The van der Waals surface area contributed by atoms with Gasteiger partial charge in [-0.1, -0.05) is 22.3 Å². The fraction of sp³-hybridized carbons (Fsp3) is 1.00. The Kier molecular flexibility index (Phi) is 1820. The SMILES string of the molecule is C.C.C.[Cl-].[HH].[Sb]. The molecule has 0 heterocycles. The number of hydrogen-bond donors (Lipinski definition) is 0. The van der Waals surface area contributed by atoms with Crippen molar-refractivity contribution in [1.82, 2.24) is 0 Å². The zero-order valence-electron chi connectivity index (χ0n) is 0.825. The Labute approximate surface area is 60.7 Å². The molecule has 0 aliphatic heterocycles. The van der Waals surface area contributed by atoms with Gasteiger partial charge in [-0.25, -0.2) is 0 Å². The van der Waals surface area contributed by atoms with Gasteiger partial charge in [0, 0.05) is 25.9 Å². The van der Waals surface area contributed by atoms with Crippen molar-refractivity contribution in [1.29, 1.82) is 0 Å². The molecule has 0 saturated carbocycles. The van der Waals surface area contributed by atoms with E-state index < -0.39 is 0 Å². The normalized spacial score (nSPS) is 0. The van der Waals surface area contributed by atoms with E-state index in [2.05, 4.69) is 0 Å². The average molecular weight is 207 g/mol. The van der Waals surface area contributed by atoms with Gasteiger partial charge in [0.15, 0.2) is 0 Å². The molecule has 39 valence electrons. The van der Waals surface area contributed by atoms with E-state index >= 15 is 0 Å². The fourth-order valence-corrected chi connectivity index (χ4v) is 0. The second-order valence-corrected chi connectivity index (χ2v) is 0. The van der Waals surface area contributed by atoms with Crippen molar-refractivity contribution >= 4 is 24.4 Å². The van der Waals surface area contributed by atoms with Gasteiger partial charge in [0.1, 0.15) is 0 Å². The van der Waals surface area contributed by atoms with Crippen LogP contribution in [0.15, 0.2) is 0 Å². The number of rotatable bonds is 0. The Morgan fingerprint density at radius 2 is 0.800 bits per heavy atom. The maximum Gasteiger partial charge on any atom is 0 e. The van der Waals surface area contributed by atoms with Crippen molar-refractivity contribution < 1.29 is 13.8 Å². The van der Waals surface area contributed by atoms with Crippen molar-refractivity contribution in [2.75, 3.05) is 0 Å². The predicted molar refractivity (Wildman–Crippen MR) is 28.1 cm³/mol. The molecule has 0 aromatic rings. The van der Waals surface area contributed by atoms with E-state index in [1.165, 1.54) is 0 Å². The predicted octanol–water partition coefficient (Wildman–Crippen LogP) is -1.22. The summed E-state index contributed by atoms with van der Waals surface area (Å²) in [4.78, 5) is 0. The second-order valence-electron chi connectivity index (χ2n) is 0. The van der Waals surface area contributed by atoms with Crippen molar-refractivity contribution in [2.24, 2.45) is 0 Å². The van der Waals surface area contributed by atoms with Crippen molar-refractivity contribution in [2.45, 2.75) is 22.3 Å². The molecule has 0 spiro atoms.